The minimum Gasteiger partial charge on any atom is -0.354 e. The van der Waals surface area contributed by atoms with Crippen molar-refractivity contribution >= 4 is 5.91 Å². The van der Waals surface area contributed by atoms with Crippen LogP contribution in [0.25, 0.3) is 0 Å². The van der Waals surface area contributed by atoms with Gasteiger partial charge in [-0.25, -0.2) is 0 Å². The van der Waals surface area contributed by atoms with Crippen LogP contribution in [0.3, 0.4) is 0 Å². The molecule has 0 bridgehead atoms. The van der Waals surface area contributed by atoms with Crippen molar-refractivity contribution in [2.75, 3.05) is 6.54 Å². The van der Waals surface area contributed by atoms with Crippen LogP contribution in [0.1, 0.15) is 44.1 Å². The van der Waals surface area contributed by atoms with Crippen LogP contribution in [-0.2, 0) is 4.79 Å². The van der Waals surface area contributed by atoms with Gasteiger partial charge in [-0.3, -0.25) is 4.79 Å². The highest BCUT2D eigenvalue weighted by atomic mass is 16.2. The third kappa shape index (κ3) is 2.91. The van der Waals surface area contributed by atoms with Crippen molar-refractivity contribution in [3.05, 3.63) is 35.9 Å². The number of rotatable bonds is 4. The lowest BCUT2D eigenvalue weighted by Gasteiger charge is -2.23. The van der Waals surface area contributed by atoms with Gasteiger partial charge in [-0.2, -0.15) is 0 Å². The summed E-state index contributed by atoms with van der Waals surface area (Å²) in [6.45, 7) is 2.77. The molecule has 3 N–H and O–H groups in total. The number of amides is 1. The van der Waals surface area contributed by atoms with E-state index < -0.39 is 5.54 Å². The molecule has 1 aromatic rings. The lowest BCUT2D eigenvalue weighted by Crippen LogP contribution is -2.52. The fourth-order valence-electron chi connectivity index (χ4n) is 2.55. The molecule has 1 atom stereocenters. The standard InChI is InChI=1S/C15H22N2O/c1-12(13-7-3-2-4-8-13)11-17-14(18)15(16)9-5-6-10-15/h2-4,7-8,12H,5-6,9-11,16H2,1H3,(H,17,18). The van der Waals surface area contributed by atoms with E-state index in [1.54, 1.807) is 0 Å². The van der Waals surface area contributed by atoms with E-state index in [9.17, 15) is 4.79 Å². The van der Waals surface area contributed by atoms with Crippen molar-refractivity contribution in [1.82, 2.24) is 5.32 Å². The first kappa shape index (κ1) is 13.1. The largest absolute Gasteiger partial charge is 0.354 e. The molecule has 0 aliphatic heterocycles. The van der Waals surface area contributed by atoms with E-state index in [0.29, 0.717) is 12.5 Å². The Labute approximate surface area is 109 Å². The number of benzene rings is 1. The summed E-state index contributed by atoms with van der Waals surface area (Å²) in [5.74, 6) is 0.336. The highest BCUT2D eigenvalue weighted by molar-refractivity contribution is 5.86. The lowest BCUT2D eigenvalue weighted by atomic mass is 9.97. The van der Waals surface area contributed by atoms with E-state index in [4.69, 9.17) is 5.73 Å². The van der Waals surface area contributed by atoms with E-state index in [0.717, 1.165) is 25.7 Å². The van der Waals surface area contributed by atoms with E-state index in [2.05, 4.69) is 24.4 Å². The van der Waals surface area contributed by atoms with Crippen molar-refractivity contribution in [2.45, 2.75) is 44.1 Å². The summed E-state index contributed by atoms with van der Waals surface area (Å²) >= 11 is 0. The average molecular weight is 246 g/mol. The van der Waals surface area contributed by atoms with Crippen molar-refractivity contribution < 1.29 is 4.79 Å². The Morgan fingerprint density at radius 3 is 2.56 bits per heavy atom. The maximum absolute atomic E-state index is 12.1. The summed E-state index contributed by atoms with van der Waals surface area (Å²) in [7, 11) is 0. The summed E-state index contributed by atoms with van der Waals surface area (Å²) < 4.78 is 0. The Hall–Kier alpha value is -1.35. The molecule has 0 aromatic heterocycles. The lowest BCUT2D eigenvalue weighted by molar-refractivity contribution is -0.126. The SMILES string of the molecule is CC(CNC(=O)C1(N)CCCC1)c1ccccc1. The summed E-state index contributed by atoms with van der Waals surface area (Å²) in [6, 6.07) is 10.2. The first-order valence-corrected chi connectivity index (χ1v) is 6.74. The minimum atomic E-state index is -0.615. The molecule has 0 radical (unpaired) electrons. The zero-order valence-electron chi connectivity index (χ0n) is 11.0. The van der Waals surface area contributed by atoms with Gasteiger partial charge >= 0.3 is 0 Å². The van der Waals surface area contributed by atoms with Gasteiger partial charge in [-0.1, -0.05) is 50.1 Å². The normalized spacial score (nSPS) is 19.4. The maximum atomic E-state index is 12.1. The molecule has 98 valence electrons. The van der Waals surface area contributed by atoms with Crippen molar-refractivity contribution in [2.24, 2.45) is 5.73 Å². The molecule has 0 saturated heterocycles. The number of carbonyl (C=O) groups is 1. The van der Waals surface area contributed by atoms with Crippen LogP contribution in [0.15, 0.2) is 30.3 Å². The number of nitrogens with one attached hydrogen (secondary N) is 1. The molecular formula is C15H22N2O. The molecule has 3 nitrogen and oxygen atoms in total. The third-order valence-electron chi connectivity index (χ3n) is 3.89. The summed E-state index contributed by atoms with van der Waals surface area (Å²) in [6.07, 6.45) is 3.77. The van der Waals surface area contributed by atoms with Gasteiger partial charge in [0.2, 0.25) is 5.91 Å². The summed E-state index contributed by atoms with van der Waals surface area (Å²) in [4.78, 5) is 12.1. The van der Waals surface area contributed by atoms with Crippen LogP contribution in [0.2, 0.25) is 0 Å². The smallest absolute Gasteiger partial charge is 0.240 e. The van der Waals surface area contributed by atoms with E-state index in [1.165, 1.54) is 5.56 Å². The zero-order chi connectivity index (χ0) is 13.0. The van der Waals surface area contributed by atoms with Gasteiger partial charge in [0.25, 0.3) is 0 Å². The summed E-state index contributed by atoms with van der Waals surface area (Å²) in [5.41, 5.74) is 6.75. The predicted octanol–water partition coefficient (Wildman–Crippen LogP) is 2.18. The van der Waals surface area contributed by atoms with Gasteiger partial charge in [-0.15, -0.1) is 0 Å². The van der Waals surface area contributed by atoms with Crippen LogP contribution in [0, 0.1) is 0 Å². The maximum Gasteiger partial charge on any atom is 0.240 e. The Bertz CT molecular complexity index is 396. The zero-order valence-corrected chi connectivity index (χ0v) is 11.0. The second-order valence-electron chi connectivity index (χ2n) is 5.39. The third-order valence-corrected chi connectivity index (χ3v) is 3.89. The molecule has 1 aliphatic carbocycles. The first-order chi connectivity index (χ1) is 8.62. The topological polar surface area (TPSA) is 55.1 Å². The molecule has 2 rings (SSSR count). The number of hydrogen-bond acceptors (Lipinski definition) is 2. The van der Waals surface area contributed by atoms with Gasteiger partial charge in [0.15, 0.2) is 0 Å². The second kappa shape index (κ2) is 5.53. The number of hydrogen-bond donors (Lipinski definition) is 2. The van der Waals surface area contributed by atoms with Crippen molar-refractivity contribution in [1.29, 1.82) is 0 Å². The Balaban J connectivity index is 1.86. The Morgan fingerprint density at radius 2 is 1.94 bits per heavy atom. The van der Waals surface area contributed by atoms with Crippen molar-refractivity contribution in [3.8, 4) is 0 Å². The fraction of sp³-hybridized carbons (Fsp3) is 0.533. The van der Waals surface area contributed by atoms with Gasteiger partial charge < -0.3 is 11.1 Å². The van der Waals surface area contributed by atoms with Crippen LogP contribution in [0.5, 0.6) is 0 Å². The molecule has 1 aromatic carbocycles. The van der Waals surface area contributed by atoms with Crippen LogP contribution < -0.4 is 11.1 Å². The Kier molecular flexibility index (Phi) is 4.02. The molecule has 1 fully saturated rings. The molecule has 1 saturated carbocycles. The molecular weight excluding hydrogens is 224 g/mol. The van der Waals surface area contributed by atoms with Gasteiger partial charge in [-0.05, 0) is 24.3 Å². The van der Waals surface area contributed by atoms with E-state index in [-0.39, 0.29) is 5.91 Å². The predicted molar refractivity (Wildman–Crippen MR) is 73.3 cm³/mol. The minimum absolute atomic E-state index is 0.0165. The van der Waals surface area contributed by atoms with Gasteiger partial charge in [0, 0.05) is 6.54 Å². The highest BCUT2D eigenvalue weighted by Gasteiger charge is 2.36. The average Bonchev–Trinajstić information content (AvgIpc) is 2.85. The van der Waals surface area contributed by atoms with E-state index in [1.807, 2.05) is 18.2 Å². The number of carbonyl (C=O) groups excluding carboxylic acids is 1. The van der Waals surface area contributed by atoms with Gasteiger partial charge in [0.1, 0.15) is 0 Å². The molecule has 1 unspecified atom stereocenters. The molecule has 1 amide bonds. The first-order valence-electron chi connectivity index (χ1n) is 6.74. The molecule has 0 heterocycles. The number of nitrogens with two attached hydrogens (primary N) is 1. The van der Waals surface area contributed by atoms with Crippen LogP contribution in [-0.4, -0.2) is 18.0 Å². The fourth-order valence-corrected chi connectivity index (χ4v) is 2.55. The van der Waals surface area contributed by atoms with Crippen LogP contribution in [0.4, 0.5) is 0 Å². The summed E-state index contributed by atoms with van der Waals surface area (Å²) in [5, 5.41) is 3.00. The second-order valence-corrected chi connectivity index (χ2v) is 5.39. The molecule has 1 aliphatic rings. The van der Waals surface area contributed by atoms with Gasteiger partial charge in [0.05, 0.1) is 5.54 Å². The monoisotopic (exact) mass is 246 g/mol. The van der Waals surface area contributed by atoms with Crippen LogP contribution >= 0.6 is 0 Å². The molecule has 0 spiro atoms. The van der Waals surface area contributed by atoms with Crippen molar-refractivity contribution in [3.63, 3.8) is 0 Å². The molecule has 18 heavy (non-hydrogen) atoms. The van der Waals surface area contributed by atoms with E-state index >= 15 is 0 Å². The molecule has 3 heteroatoms. The highest BCUT2D eigenvalue weighted by Crippen LogP contribution is 2.27. The quantitative estimate of drug-likeness (QED) is 0.855. The Morgan fingerprint density at radius 1 is 1.33 bits per heavy atom.